The lowest BCUT2D eigenvalue weighted by Gasteiger charge is -2.29. The van der Waals surface area contributed by atoms with Crippen LogP contribution in [0.1, 0.15) is 57.6 Å². The molecule has 1 aliphatic rings. The maximum absolute atomic E-state index is 4.20. The van der Waals surface area contributed by atoms with Crippen molar-refractivity contribution in [1.29, 1.82) is 0 Å². The minimum absolute atomic E-state index is 0.648. The zero-order chi connectivity index (χ0) is 12.1. The fraction of sp³-hybridized carbons (Fsp3) is 0.846. The van der Waals surface area contributed by atoms with Crippen molar-refractivity contribution in [3.8, 4) is 0 Å². The second-order valence-electron chi connectivity index (χ2n) is 5.00. The van der Waals surface area contributed by atoms with Crippen LogP contribution in [0.15, 0.2) is 6.20 Å². The highest BCUT2D eigenvalue weighted by Gasteiger charge is 2.25. The van der Waals surface area contributed by atoms with E-state index in [1.54, 1.807) is 0 Å². The Morgan fingerprint density at radius 2 is 2.29 bits per heavy atom. The summed E-state index contributed by atoms with van der Waals surface area (Å²) in [5.41, 5.74) is 1.34. The molecule has 1 aromatic heterocycles. The van der Waals surface area contributed by atoms with Gasteiger partial charge in [0.15, 0.2) is 0 Å². The van der Waals surface area contributed by atoms with Crippen LogP contribution in [-0.2, 0) is 6.54 Å². The van der Waals surface area contributed by atoms with E-state index < -0.39 is 0 Å². The first-order valence-corrected chi connectivity index (χ1v) is 6.96. The lowest BCUT2D eigenvalue weighted by Crippen LogP contribution is -2.33. The lowest BCUT2D eigenvalue weighted by atomic mass is 9.84. The van der Waals surface area contributed by atoms with Crippen LogP contribution in [0.5, 0.6) is 0 Å². The fourth-order valence-corrected chi connectivity index (χ4v) is 2.90. The molecule has 2 unspecified atom stereocenters. The predicted molar refractivity (Wildman–Crippen MR) is 69.0 cm³/mol. The van der Waals surface area contributed by atoms with Crippen LogP contribution in [-0.4, -0.2) is 27.6 Å². The highest BCUT2D eigenvalue weighted by molar-refractivity contribution is 5.06. The van der Waals surface area contributed by atoms with Gasteiger partial charge < -0.3 is 5.32 Å². The fourth-order valence-electron chi connectivity index (χ4n) is 2.90. The first kappa shape index (κ1) is 12.6. The average molecular weight is 236 g/mol. The molecule has 0 aromatic carbocycles. The molecule has 17 heavy (non-hydrogen) atoms. The van der Waals surface area contributed by atoms with Gasteiger partial charge in [-0.05, 0) is 32.2 Å². The third-order valence-corrected chi connectivity index (χ3v) is 3.67. The predicted octanol–water partition coefficient (Wildman–Crippen LogP) is 2.32. The van der Waals surface area contributed by atoms with Crippen molar-refractivity contribution in [2.45, 2.75) is 64.5 Å². The average Bonchev–Trinajstić information content (AvgIpc) is 2.79. The smallest absolute Gasteiger partial charge is 0.0728 e. The first-order valence-electron chi connectivity index (χ1n) is 6.96. The minimum atomic E-state index is 0.648. The van der Waals surface area contributed by atoms with Gasteiger partial charge in [0.2, 0.25) is 0 Å². The Morgan fingerprint density at radius 3 is 3.06 bits per heavy atom. The molecule has 1 heterocycles. The van der Waals surface area contributed by atoms with Gasteiger partial charge in [-0.25, -0.2) is 4.68 Å². The molecular weight excluding hydrogens is 212 g/mol. The van der Waals surface area contributed by atoms with Crippen LogP contribution in [0.25, 0.3) is 0 Å². The number of aryl methyl sites for hydroxylation is 1. The molecule has 1 saturated carbocycles. The zero-order valence-corrected chi connectivity index (χ0v) is 11.0. The number of nitrogens with one attached hydrogen (secondary N) is 1. The van der Waals surface area contributed by atoms with Gasteiger partial charge in [0.1, 0.15) is 0 Å². The van der Waals surface area contributed by atoms with Gasteiger partial charge in [0.05, 0.1) is 11.9 Å². The van der Waals surface area contributed by atoms with Gasteiger partial charge in [0, 0.05) is 18.5 Å². The van der Waals surface area contributed by atoms with Crippen LogP contribution >= 0.6 is 0 Å². The Bertz CT molecular complexity index is 332. The summed E-state index contributed by atoms with van der Waals surface area (Å²) in [6.07, 6.45) is 8.26. The van der Waals surface area contributed by atoms with Crippen LogP contribution < -0.4 is 5.32 Å². The summed E-state index contributed by atoms with van der Waals surface area (Å²) in [6.45, 7) is 6.45. The van der Waals surface area contributed by atoms with Crippen molar-refractivity contribution in [1.82, 2.24) is 20.3 Å². The minimum Gasteiger partial charge on any atom is -0.314 e. The van der Waals surface area contributed by atoms with Crippen LogP contribution in [0.2, 0.25) is 0 Å². The molecule has 4 nitrogen and oxygen atoms in total. The summed E-state index contributed by atoms with van der Waals surface area (Å²) in [5.74, 6) is 0.648. The Labute approximate surface area is 104 Å². The second kappa shape index (κ2) is 6.15. The monoisotopic (exact) mass is 236 g/mol. The third kappa shape index (κ3) is 3.06. The van der Waals surface area contributed by atoms with E-state index in [0.29, 0.717) is 12.0 Å². The molecule has 4 heteroatoms. The van der Waals surface area contributed by atoms with Crippen molar-refractivity contribution in [2.75, 3.05) is 6.54 Å². The van der Waals surface area contributed by atoms with Gasteiger partial charge >= 0.3 is 0 Å². The molecule has 0 aliphatic heterocycles. The molecule has 0 bridgehead atoms. The Balaban J connectivity index is 2.02. The van der Waals surface area contributed by atoms with E-state index in [1.807, 2.05) is 6.20 Å². The summed E-state index contributed by atoms with van der Waals surface area (Å²) >= 11 is 0. The van der Waals surface area contributed by atoms with E-state index in [0.717, 1.165) is 19.5 Å². The van der Waals surface area contributed by atoms with Crippen LogP contribution in [0, 0.1) is 0 Å². The molecule has 96 valence electrons. The Kier molecular flexibility index (Phi) is 4.54. The van der Waals surface area contributed by atoms with Crippen LogP contribution in [0.4, 0.5) is 0 Å². The van der Waals surface area contributed by atoms with Crippen molar-refractivity contribution in [2.24, 2.45) is 0 Å². The lowest BCUT2D eigenvalue weighted by molar-refractivity contribution is 0.331. The second-order valence-corrected chi connectivity index (χ2v) is 5.00. The normalized spacial score (nSPS) is 25.1. The highest BCUT2D eigenvalue weighted by atomic mass is 15.4. The quantitative estimate of drug-likeness (QED) is 0.853. The summed E-state index contributed by atoms with van der Waals surface area (Å²) in [4.78, 5) is 0. The summed E-state index contributed by atoms with van der Waals surface area (Å²) < 4.78 is 2.10. The van der Waals surface area contributed by atoms with Gasteiger partial charge in [-0.15, -0.1) is 5.10 Å². The molecular formula is C13H24N4. The number of aromatic nitrogens is 3. The molecule has 1 aromatic rings. The van der Waals surface area contributed by atoms with Gasteiger partial charge in [-0.3, -0.25) is 0 Å². The number of hydrogen-bond acceptors (Lipinski definition) is 3. The molecule has 1 aliphatic carbocycles. The Morgan fingerprint density at radius 1 is 1.41 bits per heavy atom. The SMILES string of the molecule is CCCn1nncc1C1CCCC(NCC)C1. The van der Waals surface area contributed by atoms with Gasteiger partial charge in [-0.1, -0.05) is 25.5 Å². The van der Waals surface area contributed by atoms with Crippen molar-refractivity contribution >= 4 is 0 Å². The number of hydrogen-bond donors (Lipinski definition) is 1. The molecule has 0 saturated heterocycles. The molecule has 2 rings (SSSR count). The molecule has 0 spiro atoms. The highest BCUT2D eigenvalue weighted by Crippen LogP contribution is 2.32. The topological polar surface area (TPSA) is 42.7 Å². The van der Waals surface area contributed by atoms with E-state index in [2.05, 4.69) is 34.2 Å². The standard InChI is InChI=1S/C13H24N4/c1-3-8-17-13(10-15-16-17)11-6-5-7-12(9-11)14-4-2/h10-12,14H,3-9H2,1-2H3. The van der Waals surface area contributed by atoms with E-state index in [-0.39, 0.29) is 0 Å². The van der Waals surface area contributed by atoms with Crippen molar-refractivity contribution < 1.29 is 0 Å². The maximum Gasteiger partial charge on any atom is 0.0728 e. The molecule has 1 fully saturated rings. The van der Waals surface area contributed by atoms with Gasteiger partial charge in [0.25, 0.3) is 0 Å². The number of rotatable bonds is 5. The molecule has 2 atom stereocenters. The number of nitrogens with zero attached hydrogens (tertiary/aromatic N) is 3. The summed E-state index contributed by atoms with van der Waals surface area (Å²) in [6, 6.07) is 0.684. The molecule has 0 amide bonds. The van der Waals surface area contributed by atoms with Crippen molar-refractivity contribution in [3.63, 3.8) is 0 Å². The summed E-state index contributed by atoms with van der Waals surface area (Å²) in [5, 5.41) is 11.9. The van der Waals surface area contributed by atoms with E-state index >= 15 is 0 Å². The van der Waals surface area contributed by atoms with E-state index in [1.165, 1.54) is 31.4 Å². The summed E-state index contributed by atoms with van der Waals surface area (Å²) in [7, 11) is 0. The Hall–Kier alpha value is -0.900. The molecule has 0 radical (unpaired) electrons. The van der Waals surface area contributed by atoms with Crippen molar-refractivity contribution in [3.05, 3.63) is 11.9 Å². The largest absolute Gasteiger partial charge is 0.314 e. The van der Waals surface area contributed by atoms with Crippen LogP contribution in [0.3, 0.4) is 0 Å². The van der Waals surface area contributed by atoms with E-state index in [4.69, 9.17) is 0 Å². The first-order chi connectivity index (χ1) is 8.35. The third-order valence-electron chi connectivity index (χ3n) is 3.67. The zero-order valence-electron chi connectivity index (χ0n) is 11.0. The van der Waals surface area contributed by atoms with Gasteiger partial charge in [-0.2, -0.15) is 0 Å². The maximum atomic E-state index is 4.20. The molecule has 1 N–H and O–H groups in total. The van der Waals surface area contributed by atoms with E-state index in [9.17, 15) is 0 Å².